The van der Waals surface area contributed by atoms with Gasteiger partial charge in [-0.2, -0.15) is 0 Å². The third kappa shape index (κ3) is 3.55. The van der Waals surface area contributed by atoms with Gasteiger partial charge in [-0.25, -0.2) is 0 Å². The summed E-state index contributed by atoms with van der Waals surface area (Å²) in [5.41, 5.74) is 7.83. The van der Waals surface area contributed by atoms with Crippen LogP contribution in [0.3, 0.4) is 0 Å². The van der Waals surface area contributed by atoms with Crippen LogP contribution in [0.15, 0.2) is 91.0 Å². The summed E-state index contributed by atoms with van der Waals surface area (Å²) in [6.07, 6.45) is 0.887. The SMILES string of the molecule is Cc1cccc(-c2ccc(-c3ccccc3Cc3ccccc3)nn2)c1. The Balaban J connectivity index is 1.66. The Morgan fingerprint density at radius 3 is 2.15 bits per heavy atom. The molecule has 0 amide bonds. The van der Waals surface area contributed by atoms with E-state index in [1.165, 1.54) is 16.7 Å². The first kappa shape index (κ1) is 16.2. The van der Waals surface area contributed by atoms with E-state index in [0.717, 1.165) is 28.9 Å². The predicted octanol–water partition coefficient (Wildman–Crippen LogP) is 5.71. The molecule has 0 bridgehead atoms. The molecule has 0 saturated heterocycles. The van der Waals surface area contributed by atoms with Crippen molar-refractivity contribution in [1.29, 1.82) is 0 Å². The average Bonchev–Trinajstić information content (AvgIpc) is 2.69. The Hall–Kier alpha value is -3.26. The molecule has 2 nitrogen and oxygen atoms in total. The highest BCUT2D eigenvalue weighted by atomic mass is 15.1. The van der Waals surface area contributed by atoms with Gasteiger partial charge in [0.15, 0.2) is 0 Å². The lowest BCUT2D eigenvalue weighted by Gasteiger charge is -2.09. The number of benzene rings is 3. The van der Waals surface area contributed by atoms with E-state index in [4.69, 9.17) is 0 Å². The third-order valence-electron chi connectivity index (χ3n) is 4.51. The number of hydrogen-bond acceptors (Lipinski definition) is 2. The fourth-order valence-corrected chi connectivity index (χ4v) is 3.17. The smallest absolute Gasteiger partial charge is 0.0933 e. The van der Waals surface area contributed by atoms with Crippen molar-refractivity contribution in [2.45, 2.75) is 13.3 Å². The molecule has 0 saturated carbocycles. The zero-order chi connectivity index (χ0) is 17.8. The molecule has 0 fully saturated rings. The summed E-state index contributed by atoms with van der Waals surface area (Å²) >= 11 is 0. The van der Waals surface area contributed by atoms with E-state index >= 15 is 0 Å². The Kier molecular flexibility index (Phi) is 4.57. The highest BCUT2D eigenvalue weighted by Crippen LogP contribution is 2.25. The molecule has 0 aliphatic carbocycles. The molecule has 1 aromatic heterocycles. The van der Waals surface area contributed by atoms with Gasteiger partial charge in [-0.15, -0.1) is 10.2 Å². The molecule has 0 unspecified atom stereocenters. The van der Waals surface area contributed by atoms with Gasteiger partial charge in [0.2, 0.25) is 0 Å². The van der Waals surface area contributed by atoms with E-state index in [1.807, 2.05) is 6.07 Å². The lowest BCUT2D eigenvalue weighted by atomic mass is 9.97. The molecule has 0 atom stereocenters. The molecule has 126 valence electrons. The van der Waals surface area contributed by atoms with Gasteiger partial charge >= 0.3 is 0 Å². The first-order valence-corrected chi connectivity index (χ1v) is 8.82. The van der Waals surface area contributed by atoms with Crippen molar-refractivity contribution in [2.24, 2.45) is 0 Å². The van der Waals surface area contributed by atoms with E-state index in [2.05, 4.69) is 102 Å². The molecule has 0 N–H and O–H groups in total. The quantitative estimate of drug-likeness (QED) is 0.477. The Bertz CT molecular complexity index is 1010. The van der Waals surface area contributed by atoms with Gasteiger partial charge in [-0.3, -0.25) is 0 Å². The van der Waals surface area contributed by atoms with Crippen LogP contribution in [-0.2, 0) is 6.42 Å². The van der Waals surface area contributed by atoms with Gasteiger partial charge in [0.1, 0.15) is 0 Å². The second-order valence-corrected chi connectivity index (χ2v) is 6.49. The van der Waals surface area contributed by atoms with Crippen LogP contribution >= 0.6 is 0 Å². The maximum absolute atomic E-state index is 4.51. The molecule has 26 heavy (non-hydrogen) atoms. The summed E-state index contributed by atoms with van der Waals surface area (Å²) in [5, 5.41) is 8.97. The number of aromatic nitrogens is 2. The van der Waals surface area contributed by atoms with Crippen LogP contribution in [0.5, 0.6) is 0 Å². The Morgan fingerprint density at radius 1 is 0.654 bits per heavy atom. The van der Waals surface area contributed by atoms with Gasteiger partial charge in [0, 0.05) is 11.1 Å². The summed E-state index contributed by atoms with van der Waals surface area (Å²) in [6, 6.07) is 31.4. The highest BCUT2D eigenvalue weighted by molar-refractivity contribution is 5.67. The predicted molar refractivity (Wildman–Crippen MR) is 107 cm³/mol. The topological polar surface area (TPSA) is 25.8 Å². The minimum atomic E-state index is 0.887. The van der Waals surface area contributed by atoms with Crippen molar-refractivity contribution in [3.63, 3.8) is 0 Å². The lowest BCUT2D eigenvalue weighted by Crippen LogP contribution is -1.96. The van der Waals surface area contributed by atoms with Gasteiger partial charge < -0.3 is 0 Å². The zero-order valence-electron chi connectivity index (χ0n) is 14.8. The molecule has 2 heteroatoms. The molecule has 0 aliphatic rings. The highest BCUT2D eigenvalue weighted by Gasteiger charge is 2.08. The Morgan fingerprint density at radius 2 is 1.38 bits per heavy atom. The van der Waals surface area contributed by atoms with Gasteiger partial charge in [-0.05, 0) is 42.7 Å². The monoisotopic (exact) mass is 336 g/mol. The lowest BCUT2D eigenvalue weighted by molar-refractivity contribution is 1.04. The normalized spacial score (nSPS) is 10.7. The molecular weight excluding hydrogens is 316 g/mol. The molecular formula is C24H20N2. The van der Waals surface area contributed by atoms with Crippen molar-refractivity contribution in [3.8, 4) is 22.5 Å². The van der Waals surface area contributed by atoms with Gasteiger partial charge in [-0.1, -0.05) is 78.4 Å². The maximum Gasteiger partial charge on any atom is 0.0933 e. The minimum Gasteiger partial charge on any atom is -0.150 e. The van der Waals surface area contributed by atoms with E-state index in [1.54, 1.807) is 0 Å². The first-order chi connectivity index (χ1) is 12.8. The third-order valence-corrected chi connectivity index (χ3v) is 4.51. The van der Waals surface area contributed by atoms with Crippen molar-refractivity contribution < 1.29 is 0 Å². The Labute approximate surface area is 154 Å². The van der Waals surface area contributed by atoms with Crippen LogP contribution in [0, 0.1) is 6.92 Å². The molecule has 0 radical (unpaired) electrons. The number of aryl methyl sites for hydroxylation is 1. The molecule has 4 aromatic rings. The van der Waals surface area contributed by atoms with E-state index in [0.29, 0.717) is 0 Å². The summed E-state index contributed by atoms with van der Waals surface area (Å²) in [5.74, 6) is 0. The van der Waals surface area contributed by atoms with Crippen LogP contribution in [0.1, 0.15) is 16.7 Å². The number of rotatable bonds is 4. The van der Waals surface area contributed by atoms with Crippen LogP contribution in [0.4, 0.5) is 0 Å². The second kappa shape index (κ2) is 7.32. The fourth-order valence-electron chi connectivity index (χ4n) is 3.17. The van der Waals surface area contributed by atoms with E-state index in [9.17, 15) is 0 Å². The molecule has 0 aliphatic heterocycles. The van der Waals surface area contributed by atoms with Crippen molar-refractivity contribution >= 4 is 0 Å². The molecule has 0 spiro atoms. The van der Waals surface area contributed by atoms with Crippen molar-refractivity contribution in [3.05, 3.63) is 108 Å². The standard InChI is InChI=1S/C24H20N2/c1-18-8-7-12-21(16-18)23-14-15-24(26-25-23)22-13-6-5-11-20(22)17-19-9-3-2-4-10-19/h2-16H,17H2,1H3. The van der Waals surface area contributed by atoms with Crippen LogP contribution in [0.2, 0.25) is 0 Å². The summed E-state index contributed by atoms with van der Waals surface area (Å²) < 4.78 is 0. The van der Waals surface area contributed by atoms with E-state index in [-0.39, 0.29) is 0 Å². The zero-order valence-corrected chi connectivity index (χ0v) is 14.8. The van der Waals surface area contributed by atoms with Crippen molar-refractivity contribution in [2.75, 3.05) is 0 Å². The van der Waals surface area contributed by atoms with Gasteiger partial charge in [0.05, 0.1) is 11.4 Å². The largest absolute Gasteiger partial charge is 0.150 e. The molecule has 3 aromatic carbocycles. The van der Waals surface area contributed by atoms with Crippen LogP contribution in [0.25, 0.3) is 22.5 Å². The number of hydrogen-bond donors (Lipinski definition) is 0. The van der Waals surface area contributed by atoms with E-state index < -0.39 is 0 Å². The summed E-state index contributed by atoms with van der Waals surface area (Å²) in [4.78, 5) is 0. The fraction of sp³-hybridized carbons (Fsp3) is 0.0833. The second-order valence-electron chi connectivity index (χ2n) is 6.49. The van der Waals surface area contributed by atoms with Crippen molar-refractivity contribution in [1.82, 2.24) is 10.2 Å². The van der Waals surface area contributed by atoms with Gasteiger partial charge in [0.25, 0.3) is 0 Å². The number of nitrogens with zero attached hydrogens (tertiary/aromatic N) is 2. The van der Waals surface area contributed by atoms with Crippen LogP contribution < -0.4 is 0 Å². The average molecular weight is 336 g/mol. The molecule has 1 heterocycles. The minimum absolute atomic E-state index is 0.887. The molecule has 4 rings (SSSR count). The summed E-state index contributed by atoms with van der Waals surface area (Å²) in [6.45, 7) is 2.09. The first-order valence-electron chi connectivity index (χ1n) is 8.82. The summed E-state index contributed by atoms with van der Waals surface area (Å²) in [7, 11) is 0. The van der Waals surface area contributed by atoms with Crippen LogP contribution in [-0.4, -0.2) is 10.2 Å². The maximum atomic E-state index is 4.51.